The quantitative estimate of drug-likeness (QED) is 0.808. The Morgan fingerprint density at radius 3 is 2.48 bits per heavy atom. The van der Waals surface area contributed by atoms with Crippen LogP contribution in [0.2, 0.25) is 0 Å². The molecule has 4 nitrogen and oxygen atoms in total. The second kappa shape index (κ2) is 8.71. The Morgan fingerprint density at radius 2 is 1.87 bits per heavy atom. The van der Waals surface area contributed by atoms with Crippen molar-refractivity contribution in [2.45, 2.75) is 25.0 Å². The molecule has 0 spiro atoms. The monoisotopic (exact) mass is 353 g/mol. The zero-order chi connectivity index (χ0) is 15.4. The summed E-state index contributed by atoms with van der Waals surface area (Å²) < 4.78 is 0. The van der Waals surface area contributed by atoms with Gasteiger partial charge in [-0.1, -0.05) is 30.0 Å². The standard InChI is InChI=1S/C17H23N3OS.ClH/c1-14-16(22-17(21)18-14)8-5-9-19-10-12-20(13-11-19)15-6-3-2-4-7-15;/h2-4,6-7,16H,5,8-13H2,1H3;1H. The SMILES string of the molecule is CC1=NC(=O)SC1CCCN1CCN(c2ccccc2)CC1.Cl. The zero-order valence-electron chi connectivity index (χ0n) is 13.5. The van der Waals surface area contributed by atoms with E-state index in [1.807, 2.05) is 6.92 Å². The van der Waals surface area contributed by atoms with Crippen LogP contribution in [0.25, 0.3) is 0 Å². The first-order valence-corrected chi connectivity index (χ1v) is 8.88. The van der Waals surface area contributed by atoms with Crippen LogP contribution < -0.4 is 4.90 Å². The molecule has 1 atom stereocenters. The molecule has 1 amide bonds. The molecule has 0 saturated carbocycles. The predicted octanol–water partition coefficient (Wildman–Crippen LogP) is 3.71. The first kappa shape index (κ1) is 18.3. The van der Waals surface area contributed by atoms with Crippen LogP contribution in [-0.4, -0.2) is 53.8 Å². The van der Waals surface area contributed by atoms with E-state index in [0.29, 0.717) is 5.25 Å². The topological polar surface area (TPSA) is 35.9 Å². The summed E-state index contributed by atoms with van der Waals surface area (Å²) in [7, 11) is 0. The number of benzene rings is 1. The van der Waals surface area contributed by atoms with Crippen LogP contribution in [0.5, 0.6) is 0 Å². The molecule has 0 N–H and O–H groups in total. The van der Waals surface area contributed by atoms with Crippen LogP contribution in [0.15, 0.2) is 35.3 Å². The fraction of sp³-hybridized carbons (Fsp3) is 0.529. The van der Waals surface area contributed by atoms with Gasteiger partial charge in [-0.2, -0.15) is 0 Å². The molecule has 0 aliphatic carbocycles. The summed E-state index contributed by atoms with van der Waals surface area (Å²) in [4.78, 5) is 20.3. The van der Waals surface area contributed by atoms with Gasteiger partial charge in [-0.05, 0) is 38.4 Å². The molecular weight excluding hydrogens is 330 g/mol. The minimum absolute atomic E-state index is 0. The first-order valence-electron chi connectivity index (χ1n) is 8.00. The highest BCUT2D eigenvalue weighted by atomic mass is 35.5. The van der Waals surface area contributed by atoms with Gasteiger partial charge in [-0.15, -0.1) is 12.4 Å². The average Bonchev–Trinajstić information content (AvgIpc) is 2.87. The highest BCUT2D eigenvalue weighted by Crippen LogP contribution is 2.26. The van der Waals surface area contributed by atoms with Crippen LogP contribution in [0.3, 0.4) is 0 Å². The summed E-state index contributed by atoms with van der Waals surface area (Å²) in [5.41, 5.74) is 2.33. The number of piperazine rings is 1. The lowest BCUT2D eigenvalue weighted by Gasteiger charge is -2.36. The molecule has 3 rings (SSSR count). The zero-order valence-corrected chi connectivity index (χ0v) is 15.1. The second-order valence-corrected chi connectivity index (χ2v) is 7.09. The summed E-state index contributed by atoms with van der Waals surface area (Å²) in [6, 6.07) is 10.6. The van der Waals surface area contributed by atoms with Crippen LogP contribution in [0, 0.1) is 0 Å². The van der Waals surface area contributed by atoms with E-state index in [0.717, 1.165) is 51.3 Å². The van der Waals surface area contributed by atoms with E-state index in [2.05, 4.69) is 45.1 Å². The van der Waals surface area contributed by atoms with Gasteiger partial charge in [0.05, 0.1) is 5.25 Å². The van der Waals surface area contributed by atoms with Gasteiger partial charge in [0.2, 0.25) is 0 Å². The predicted molar refractivity (Wildman–Crippen MR) is 101 cm³/mol. The maximum absolute atomic E-state index is 11.3. The van der Waals surface area contributed by atoms with Gasteiger partial charge in [0.25, 0.3) is 0 Å². The molecule has 2 aliphatic rings. The Morgan fingerprint density at radius 1 is 1.17 bits per heavy atom. The van der Waals surface area contributed by atoms with E-state index in [4.69, 9.17) is 0 Å². The fourth-order valence-corrected chi connectivity index (χ4v) is 4.03. The number of halogens is 1. The lowest BCUT2D eigenvalue weighted by atomic mass is 10.1. The molecule has 1 fully saturated rings. The number of anilines is 1. The van der Waals surface area contributed by atoms with Crippen LogP contribution in [0.4, 0.5) is 10.5 Å². The number of amides is 1. The number of aliphatic imine (C=N–C) groups is 1. The molecular formula is C17H24ClN3OS. The third kappa shape index (κ3) is 4.96. The minimum atomic E-state index is -0.0148. The van der Waals surface area contributed by atoms with Crippen LogP contribution >= 0.6 is 24.2 Å². The smallest absolute Gasteiger partial charge is 0.305 e. The summed E-state index contributed by atoms with van der Waals surface area (Å²) in [6.45, 7) is 7.54. The molecule has 2 heterocycles. The average molecular weight is 354 g/mol. The largest absolute Gasteiger partial charge is 0.369 e. The molecule has 1 saturated heterocycles. The van der Waals surface area contributed by atoms with E-state index in [1.54, 1.807) is 0 Å². The molecule has 126 valence electrons. The maximum Gasteiger partial charge on any atom is 0.305 e. The molecule has 6 heteroatoms. The van der Waals surface area contributed by atoms with Crippen molar-refractivity contribution in [2.24, 2.45) is 4.99 Å². The van der Waals surface area contributed by atoms with Gasteiger partial charge in [0.1, 0.15) is 0 Å². The minimum Gasteiger partial charge on any atom is -0.369 e. The van der Waals surface area contributed by atoms with E-state index >= 15 is 0 Å². The summed E-state index contributed by atoms with van der Waals surface area (Å²) in [5, 5.41) is 0.303. The number of thioether (sulfide) groups is 1. The van der Waals surface area contributed by atoms with Crippen molar-refractivity contribution in [3.63, 3.8) is 0 Å². The molecule has 1 aromatic rings. The van der Waals surface area contributed by atoms with Crippen molar-refractivity contribution < 1.29 is 4.79 Å². The summed E-state index contributed by atoms with van der Waals surface area (Å²) in [6.07, 6.45) is 2.20. The number of para-hydroxylation sites is 1. The molecule has 0 radical (unpaired) electrons. The molecule has 0 aromatic heterocycles. The Kier molecular flexibility index (Phi) is 6.93. The van der Waals surface area contributed by atoms with E-state index in [-0.39, 0.29) is 17.6 Å². The van der Waals surface area contributed by atoms with Crippen molar-refractivity contribution in [3.8, 4) is 0 Å². The van der Waals surface area contributed by atoms with Crippen LogP contribution in [-0.2, 0) is 0 Å². The molecule has 1 aromatic carbocycles. The number of carbonyl (C=O) groups excluding carboxylic acids is 1. The van der Waals surface area contributed by atoms with Gasteiger partial charge in [0.15, 0.2) is 0 Å². The number of hydrogen-bond acceptors (Lipinski definition) is 4. The highest BCUT2D eigenvalue weighted by molar-refractivity contribution is 8.15. The molecule has 2 aliphatic heterocycles. The Balaban J connectivity index is 0.00000192. The van der Waals surface area contributed by atoms with Gasteiger partial charge >= 0.3 is 5.24 Å². The number of hydrogen-bond donors (Lipinski definition) is 0. The maximum atomic E-state index is 11.3. The summed E-state index contributed by atoms with van der Waals surface area (Å²) in [5.74, 6) is 0. The van der Waals surface area contributed by atoms with Crippen molar-refractivity contribution in [2.75, 3.05) is 37.6 Å². The van der Waals surface area contributed by atoms with Crippen molar-refractivity contribution >= 4 is 40.8 Å². The Hall–Kier alpha value is -1.04. The van der Waals surface area contributed by atoms with Gasteiger partial charge in [0, 0.05) is 37.6 Å². The fourth-order valence-electron chi connectivity index (χ4n) is 3.09. The van der Waals surface area contributed by atoms with Crippen molar-refractivity contribution in [3.05, 3.63) is 30.3 Å². The normalized spacial score (nSPS) is 22.0. The lowest BCUT2D eigenvalue weighted by molar-refractivity contribution is 0.254. The van der Waals surface area contributed by atoms with Crippen molar-refractivity contribution in [1.29, 1.82) is 0 Å². The number of rotatable bonds is 5. The molecule has 23 heavy (non-hydrogen) atoms. The van der Waals surface area contributed by atoms with Gasteiger partial charge in [-0.3, -0.25) is 9.69 Å². The third-order valence-corrected chi connectivity index (χ3v) is 5.57. The second-order valence-electron chi connectivity index (χ2n) is 5.93. The van der Waals surface area contributed by atoms with E-state index in [9.17, 15) is 4.79 Å². The Labute approximate surface area is 148 Å². The van der Waals surface area contributed by atoms with Crippen molar-refractivity contribution in [1.82, 2.24) is 4.90 Å². The van der Waals surface area contributed by atoms with Gasteiger partial charge in [-0.25, -0.2) is 4.99 Å². The lowest BCUT2D eigenvalue weighted by Crippen LogP contribution is -2.46. The number of nitrogens with zero attached hydrogens (tertiary/aromatic N) is 3. The Bertz CT molecular complexity index is 544. The van der Waals surface area contributed by atoms with Gasteiger partial charge < -0.3 is 4.90 Å². The van der Waals surface area contributed by atoms with E-state index in [1.165, 1.54) is 17.4 Å². The summed E-state index contributed by atoms with van der Waals surface area (Å²) >= 11 is 1.39. The van der Waals surface area contributed by atoms with E-state index < -0.39 is 0 Å². The number of carbonyl (C=O) groups is 1. The molecule has 1 unspecified atom stereocenters. The third-order valence-electron chi connectivity index (χ3n) is 4.41. The highest BCUT2D eigenvalue weighted by Gasteiger charge is 2.24. The molecule has 0 bridgehead atoms. The first-order chi connectivity index (χ1) is 10.7. The van der Waals surface area contributed by atoms with Crippen LogP contribution in [0.1, 0.15) is 19.8 Å².